The Labute approximate surface area is 301 Å². The van der Waals surface area contributed by atoms with E-state index < -0.39 is 0 Å². The molecule has 0 radical (unpaired) electrons. The van der Waals surface area contributed by atoms with Crippen molar-refractivity contribution in [2.75, 3.05) is 0 Å². The van der Waals surface area contributed by atoms with Crippen molar-refractivity contribution in [2.24, 2.45) is 0 Å². The summed E-state index contributed by atoms with van der Waals surface area (Å²) < 4.78 is 0. The summed E-state index contributed by atoms with van der Waals surface area (Å²) in [5.74, 6) is 1.90. The zero-order valence-corrected chi connectivity index (χ0v) is 28.1. The van der Waals surface area contributed by atoms with Gasteiger partial charge in [-0.1, -0.05) is 140 Å². The number of hydrogen-bond donors (Lipinski definition) is 0. The molecule has 0 aliphatic heterocycles. The zero-order chi connectivity index (χ0) is 34.4. The van der Waals surface area contributed by atoms with Crippen LogP contribution in [0.1, 0.15) is 0 Å². The van der Waals surface area contributed by atoms with E-state index in [1.165, 1.54) is 37.9 Å². The molecule has 0 saturated heterocycles. The number of nitrogens with zero attached hydrogens (tertiary/aromatic N) is 4. The van der Waals surface area contributed by atoms with E-state index in [9.17, 15) is 0 Å². The fourth-order valence-corrected chi connectivity index (χ4v) is 7.38. The van der Waals surface area contributed by atoms with Crippen molar-refractivity contribution < 1.29 is 0 Å². The topological polar surface area (TPSA) is 51.6 Å². The predicted octanol–water partition coefficient (Wildman–Crippen LogP) is 12.2. The van der Waals surface area contributed by atoms with Crippen molar-refractivity contribution in [3.8, 4) is 67.7 Å². The lowest BCUT2D eigenvalue weighted by molar-refractivity contribution is 1.07. The summed E-state index contributed by atoms with van der Waals surface area (Å²) in [6, 6.07) is 61.7. The van der Waals surface area contributed by atoms with Gasteiger partial charge in [0.2, 0.25) is 0 Å². The molecule has 4 nitrogen and oxygen atoms in total. The maximum Gasteiger partial charge on any atom is 0.164 e. The molecular weight excluding hydrogens is 633 g/mol. The van der Waals surface area contributed by atoms with Crippen LogP contribution in [0.2, 0.25) is 0 Å². The quantitative estimate of drug-likeness (QED) is 0.166. The molecular formula is C48H30N4. The highest BCUT2D eigenvalue weighted by molar-refractivity contribution is 6.26. The van der Waals surface area contributed by atoms with Gasteiger partial charge in [-0.25, -0.2) is 15.0 Å². The zero-order valence-electron chi connectivity index (χ0n) is 28.1. The molecule has 0 aliphatic carbocycles. The first-order valence-electron chi connectivity index (χ1n) is 17.5. The summed E-state index contributed by atoms with van der Waals surface area (Å²) in [6.07, 6.45) is 1.83. The molecule has 0 unspecified atom stereocenters. The van der Waals surface area contributed by atoms with Crippen LogP contribution in [0.5, 0.6) is 0 Å². The van der Waals surface area contributed by atoms with E-state index in [1.807, 2.05) is 85.1 Å². The smallest absolute Gasteiger partial charge is 0.164 e. The van der Waals surface area contributed by atoms with Crippen LogP contribution in [-0.2, 0) is 0 Å². The van der Waals surface area contributed by atoms with E-state index in [4.69, 9.17) is 15.0 Å². The minimum absolute atomic E-state index is 0.623. The molecule has 8 aromatic carbocycles. The third-order valence-electron chi connectivity index (χ3n) is 9.89. The van der Waals surface area contributed by atoms with Gasteiger partial charge in [0, 0.05) is 28.5 Å². The first kappa shape index (κ1) is 29.8. The molecule has 242 valence electrons. The summed E-state index contributed by atoms with van der Waals surface area (Å²) in [4.78, 5) is 19.8. The van der Waals surface area contributed by atoms with Crippen molar-refractivity contribution in [3.05, 3.63) is 182 Å². The van der Waals surface area contributed by atoms with Gasteiger partial charge >= 0.3 is 0 Å². The van der Waals surface area contributed by atoms with E-state index in [2.05, 4.69) is 102 Å². The molecule has 0 bridgehead atoms. The van der Waals surface area contributed by atoms with Gasteiger partial charge in [-0.3, -0.25) is 4.98 Å². The lowest BCUT2D eigenvalue weighted by Gasteiger charge is -2.17. The Balaban J connectivity index is 1.23. The van der Waals surface area contributed by atoms with Crippen LogP contribution in [-0.4, -0.2) is 19.9 Å². The first-order valence-corrected chi connectivity index (χ1v) is 17.5. The van der Waals surface area contributed by atoms with Gasteiger partial charge in [0.15, 0.2) is 17.5 Å². The second-order valence-electron chi connectivity index (χ2n) is 13.1. The Kier molecular flexibility index (Phi) is 7.10. The van der Waals surface area contributed by atoms with Crippen LogP contribution in [0.25, 0.3) is 100.0 Å². The second-order valence-corrected chi connectivity index (χ2v) is 13.1. The van der Waals surface area contributed by atoms with Gasteiger partial charge in [0.1, 0.15) is 0 Å². The molecule has 0 aliphatic rings. The fraction of sp³-hybridized carbons (Fsp3) is 0. The lowest BCUT2D eigenvalue weighted by Crippen LogP contribution is -2.00. The van der Waals surface area contributed by atoms with Crippen LogP contribution < -0.4 is 0 Å². The monoisotopic (exact) mass is 662 g/mol. The highest BCUT2D eigenvalue weighted by Crippen LogP contribution is 2.42. The van der Waals surface area contributed by atoms with Gasteiger partial charge < -0.3 is 0 Å². The fourth-order valence-electron chi connectivity index (χ4n) is 7.38. The van der Waals surface area contributed by atoms with Gasteiger partial charge in [-0.2, -0.15) is 0 Å². The van der Waals surface area contributed by atoms with E-state index in [0.29, 0.717) is 17.5 Å². The molecule has 0 N–H and O–H groups in total. The standard InChI is InChI=1S/C48H30N4/c1-3-11-35(12-4-1)46-50-47(36-13-5-2-6-14-36)52-48(51-46)40-28-38(31-20-22-32(23-21-31)43-19-7-8-26-49-43)27-39(29-40)42-30-37-17-9-15-33-24-25-34-16-10-18-41(42)45(34)44(33)37/h1-30H. The largest absolute Gasteiger partial charge is 0.256 e. The van der Waals surface area contributed by atoms with Crippen LogP contribution >= 0.6 is 0 Å². The Morgan fingerprint density at radius 1 is 0.308 bits per heavy atom. The van der Waals surface area contributed by atoms with Crippen molar-refractivity contribution in [1.29, 1.82) is 0 Å². The van der Waals surface area contributed by atoms with E-state index in [-0.39, 0.29) is 0 Å². The molecule has 2 heterocycles. The van der Waals surface area contributed by atoms with Crippen LogP contribution in [0.4, 0.5) is 0 Å². The molecule has 2 aromatic heterocycles. The Bertz CT molecular complexity index is 2810. The minimum Gasteiger partial charge on any atom is -0.256 e. The maximum atomic E-state index is 5.13. The van der Waals surface area contributed by atoms with Gasteiger partial charge in [0.05, 0.1) is 5.69 Å². The molecule has 52 heavy (non-hydrogen) atoms. The number of pyridine rings is 1. The number of hydrogen-bond acceptors (Lipinski definition) is 4. The molecule has 0 atom stereocenters. The van der Waals surface area contributed by atoms with Crippen LogP contribution in [0.15, 0.2) is 182 Å². The van der Waals surface area contributed by atoms with E-state index in [1.54, 1.807) is 0 Å². The van der Waals surface area contributed by atoms with E-state index >= 15 is 0 Å². The molecule has 10 rings (SSSR count). The molecule has 0 fully saturated rings. The predicted molar refractivity (Wildman–Crippen MR) is 214 cm³/mol. The maximum absolute atomic E-state index is 5.13. The summed E-state index contributed by atoms with van der Waals surface area (Å²) in [5, 5.41) is 7.53. The van der Waals surface area contributed by atoms with Crippen LogP contribution in [0, 0.1) is 0 Å². The number of aromatic nitrogens is 4. The Hall–Kier alpha value is -7.04. The number of rotatable bonds is 6. The summed E-state index contributed by atoms with van der Waals surface area (Å²) in [7, 11) is 0. The third-order valence-corrected chi connectivity index (χ3v) is 9.89. The van der Waals surface area contributed by atoms with Crippen molar-refractivity contribution in [3.63, 3.8) is 0 Å². The van der Waals surface area contributed by atoms with Gasteiger partial charge in [0.25, 0.3) is 0 Å². The first-order chi connectivity index (χ1) is 25.7. The lowest BCUT2D eigenvalue weighted by atomic mass is 9.87. The molecule has 4 heteroatoms. The second kappa shape index (κ2) is 12.4. The van der Waals surface area contributed by atoms with Crippen molar-refractivity contribution >= 4 is 32.3 Å². The molecule has 10 aromatic rings. The average molecular weight is 663 g/mol. The minimum atomic E-state index is 0.623. The highest BCUT2D eigenvalue weighted by Gasteiger charge is 2.18. The van der Waals surface area contributed by atoms with Crippen molar-refractivity contribution in [1.82, 2.24) is 19.9 Å². The highest BCUT2D eigenvalue weighted by atomic mass is 15.0. The summed E-state index contributed by atoms with van der Waals surface area (Å²) in [6.45, 7) is 0. The molecule has 0 saturated carbocycles. The summed E-state index contributed by atoms with van der Waals surface area (Å²) >= 11 is 0. The average Bonchev–Trinajstić information content (AvgIpc) is 3.23. The molecule has 0 spiro atoms. The summed E-state index contributed by atoms with van der Waals surface area (Å²) in [5.41, 5.74) is 9.27. The van der Waals surface area contributed by atoms with Crippen molar-refractivity contribution in [2.45, 2.75) is 0 Å². The third kappa shape index (κ3) is 5.26. The SMILES string of the molecule is c1ccc(-c2nc(-c3ccccc3)nc(-c3cc(-c4ccc(-c5ccccn5)cc4)cc(-c4cc5cccc6ccc7cccc4c7c65)c3)n2)cc1. The van der Waals surface area contributed by atoms with Gasteiger partial charge in [-0.15, -0.1) is 0 Å². The van der Waals surface area contributed by atoms with Crippen LogP contribution in [0.3, 0.4) is 0 Å². The van der Waals surface area contributed by atoms with Gasteiger partial charge in [-0.05, 0) is 91.0 Å². The number of benzene rings is 8. The normalized spacial score (nSPS) is 11.5. The Morgan fingerprint density at radius 3 is 1.54 bits per heavy atom. The Morgan fingerprint density at radius 2 is 0.865 bits per heavy atom. The van der Waals surface area contributed by atoms with E-state index in [0.717, 1.165) is 44.6 Å². The molecule has 0 amide bonds.